The number of carboxylic acid groups (broad SMARTS) is 1. The zero-order valence-electron chi connectivity index (χ0n) is 20.1. The largest absolute Gasteiger partial charge is 0.478 e. The van der Waals surface area contributed by atoms with Crippen molar-refractivity contribution in [3.63, 3.8) is 0 Å². The Balaban J connectivity index is 1.33. The van der Waals surface area contributed by atoms with Crippen LogP contribution < -0.4 is 21.7 Å². The van der Waals surface area contributed by atoms with Crippen molar-refractivity contribution in [3.05, 3.63) is 23.0 Å². The number of aliphatic carboxylic acids is 1. The number of aromatic nitrogens is 4. The Labute approximate surface area is 224 Å². The van der Waals surface area contributed by atoms with Gasteiger partial charge < -0.3 is 31.6 Å². The number of carbonyl (C=O) groups excluding carboxylic acids is 2. The van der Waals surface area contributed by atoms with Crippen molar-refractivity contribution < 1.29 is 37.3 Å². The van der Waals surface area contributed by atoms with Crippen molar-refractivity contribution in [1.29, 1.82) is 0 Å². The highest BCUT2D eigenvalue weighted by atomic mass is 32.2. The summed E-state index contributed by atoms with van der Waals surface area (Å²) in [5, 5.41) is 31.6. The number of amides is 2. The van der Waals surface area contributed by atoms with Crippen LogP contribution in [-0.2, 0) is 42.6 Å². The van der Waals surface area contributed by atoms with Gasteiger partial charge >= 0.3 is 16.3 Å². The van der Waals surface area contributed by atoms with Gasteiger partial charge in [-0.1, -0.05) is 5.16 Å². The lowest BCUT2D eigenvalue weighted by atomic mass is 9.98. The van der Waals surface area contributed by atoms with E-state index < -0.39 is 51.5 Å². The van der Waals surface area contributed by atoms with Crippen LogP contribution in [0.4, 0.5) is 5.13 Å². The molecule has 3 aliphatic rings. The molecule has 7 N–H and O–H groups in total. The van der Waals surface area contributed by atoms with Crippen LogP contribution in [0.5, 0.6) is 0 Å². The van der Waals surface area contributed by atoms with E-state index in [9.17, 15) is 32.5 Å². The number of nitrogens with one attached hydrogen (secondary N) is 3. The predicted octanol–water partition coefficient (Wildman–Crippen LogP) is -3.09. The molecule has 2 aromatic heterocycles. The Hall–Kier alpha value is -3.72. The van der Waals surface area contributed by atoms with E-state index in [1.807, 2.05) is 0 Å². The van der Waals surface area contributed by atoms with Crippen molar-refractivity contribution in [1.82, 2.24) is 40.2 Å². The fourth-order valence-electron chi connectivity index (χ4n) is 3.89. The van der Waals surface area contributed by atoms with Gasteiger partial charge in [-0.2, -0.15) is 23.4 Å². The minimum Gasteiger partial charge on any atom is -0.478 e. The summed E-state index contributed by atoms with van der Waals surface area (Å²) in [7, 11) is -4.97. The molecule has 4 heterocycles. The summed E-state index contributed by atoms with van der Waals surface area (Å²) in [5.41, 5.74) is 4.13. The molecule has 0 aromatic carbocycles. The van der Waals surface area contributed by atoms with Gasteiger partial charge in [0.15, 0.2) is 10.8 Å². The van der Waals surface area contributed by atoms with Crippen LogP contribution in [0.1, 0.15) is 24.2 Å². The lowest BCUT2D eigenvalue weighted by Crippen LogP contribution is -2.73. The number of hydrogen-bond acceptors (Lipinski definition) is 14. The number of thiazole rings is 1. The fraction of sp³-hybridized carbons (Fsp3) is 0.526. The fourth-order valence-corrected chi connectivity index (χ4v) is 5.31. The topological polar surface area (TPSA) is 256 Å². The summed E-state index contributed by atoms with van der Waals surface area (Å²) in [4.78, 5) is 47.5. The number of oxime groups is 1. The van der Waals surface area contributed by atoms with Gasteiger partial charge in [-0.3, -0.25) is 14.1 Å². The Morgan fingerprint density at radius 2 is 2.10 bits per heavy atom. The smallest absolute Gasteiger partial charge is 0.362 e. The van der Waals surface area contributed by atoms with Crippen molar-refractivity contribution in [2.24, 2.45) is 5.16 Å². The Bertz CT molecular complexity index is 1430. The molecular formula is C19H24N10O8S2. The zero-order chi connectivity index (χ0) is 27.9. The van der Waals surface area contributed by atoms with Gasteiger partial charge in [-0.15, -0.1) is 11.3 Å². The Morgan fingerprint density at radius 1 is 1.36 bits per heavy atom. The van der Waals surface area contributed by atoms with E-state index in [1.165, 1.54) is 11.6 Å². The molecule has 1 unspecified atom stereocenters. The van der Waals surface area contributed by atoms with Crippen LogP contribution >= 0.6 is 11.3 Å². The van der Waals surface area contributed by atoms with E-state index in [1.54, 1.807) is 0 Å². The lowest BCUT2D eigenvalue weighted by molar-refractivity contribution is -0.153. The van der Waals surface area contributed by atoms with Crippen LogP contribution in [0.15, 0.2) is 16.7 Å². The maximum Gasteiger partial charge on any atom is 0.362 e. The standard InChI is InChI=1S/C19H24N10O8S2/c20-18-24-11(8-38-18)13(27-37-19(1-2-19)17(32)33)15(30)25-14-12(29(16(14)31)39(34,35)36)7-28-23-6-10(26-28)5-22-9-3-21-4-9/h6,8-9,12,14,21-22H,1-5,7H2,(H2,20,24)(H,25,30)(H,32,33)(H,34,35,36)/b27-13-/t12-,14?/m0/s1. The van der Waals surface area contributed by atoms with Gasteiger partial charge in [0.2, 0.25) is 5.60 Å². The second-order valence-corrected chi connectivity index (χ2v) is 11.3. The highest BCUT2D eigenvalue weighted by Crippen LogP contribution is 2.40. The molecule has 2 aliphatic heterocycles. The van der Waals surface area contributed by atoms with E-state index in [4.69, 9.17) is 10.6 Å². The molecule has 2 aromatic rings. The summed E-state index contributed by atoms with van der Waals surface area (Å²) in [6.45, 7) is 1.77. The number of carboxylic acids is 1. The average molecular weight is 585 g/mol. The highest BCUT2D eigenvalue weighted by molar-refractivity contribution is 7.84. The number of β-lactam (4-membered cyclic amide) rings is 1. The maximum atomic E-state index is 13.2. The molecule has 2 amide bonds. The van der Waals surface area contributed by atoms with E-state index >= 15 is 0 Å². The third kappa shape index (κ3) is 5.54. The Morgan fingerprint density at radius 3 is 2.67 bits per heavy atom. The van der Waals surface area contributed by atoms with Crippen LogP contribution in [0.25, 0.3) is 0 Å². The number of nitrogens with zero attached hydrogens (tertiary/aromatic N) is 6. The van der Waals surface area contributed by atoms with E-state index in [-0.39, 0.29) is 34.5 Å². The molecule has 1 saturated carbocycles. The summed E-state index contributed by atoms with van der Waals surface area (Å²) in [6.07, 6.45) is 1.83. The van der Waals surface area contributed by atoms with E-state index in [2.05, 4.69) is 36.3 Å². The predicted molar refractivity (Wildman–Crippen MR) is 131 cm³/mol. The minimum atomic E-state index is -4.97. The van der Waals surface area contributed by atoms with Crippen LogP contribution in [0.2, 0.25) is 0 Å². The molecule has 3 fully saturated rings. The minimum absolute atomic E-state index is 0.0429. The maximum absolute atomic E-state index is 13.2. The number of anilines is 1. The van der Waals surface area contributed by atoms with Gasteiger partial charge in [-0.25, -0.2) is 14.1 Å². The summed E-state index contributed by atoms with van der Waals surface area (Å²) >= 11 is 0.982. The second-order valence-electron chi connectivity index (χ2n) is 9.16. The monoisotopic (exact) mass is 584 g/mol. The molecular weight excluding hydrogens is 560 g/mol. The first-order chi connectivity index (χ1) is 18.5. The summed E-state index contributed by atoms with van der Waals surface area (Å²) in [5.74, 6) is -3.37. The van der Waals surface area contributed by atoms with Crippen LogP contribution in [0.3, 0.4) is 0 Å². The molecule has 1 aliphatic carbocycles. The Kier molecular flexibility index (Phi) is 6.97. The molecule has 210 valence electrons. The quantitative estimate of drug-likeness (QED) is 0.0626. The van der Waals surface area contributed by atoms with Gasteiger partial charge in [-0.05, 0) is 0 Å². The van der Waals surface area contributed by atoms with Gasteiger partial charge in [0.1, 0.15) is 17.8 Å². The summed E-state index contributed by atoms with van der Waals surface area (Å²) in [6, 6.07) is -2.41. The van der Waals surface area contributed by atoms with Crippen LogP contribution in [0, 0.1) is 0 Å². The number of rotatable bonds is 12. The number of nitrogen functional groups attached to an aromatic ring is 1. The van der Waals surface area contributed by atoms with Crippen molar-refractivity contribution in [2.45, 2.75) is 49.7 Å². The third-order valence-corrected chi connectivity index (χ3v) is 8.00. The van der Waals surface area contributed by atoms with E-state index in [0.717, 1.165) is 29.2 Å². The number of carbonyl (C=O) groups is 3. The average Bonchev–Trinajstić information content (AvgIpc) is 3.30. The molecule has 18 nitrogen and oxygen atoms in total. The normalized spacial score (nSPS) is 22.6. The molecule has 0 bridgehead atoms. The first-order valence-electron chi connectivity index (χ1n) is 11.6. The van der Waals surface area contributed by atoms with Crippen LogP contribution in [-0.4, -0.2) is 103 Å². The zero-order valence-corrected chi connectivity index (χ0v) is 21.7. The molecule has 2 saturated heterocycles. The van der Waals surface area contributed by atoms with Gasteiger partial charge in [0.05, 0.1) is 18.4 Å². The first kappa shape index (κ1) is 26.9. The van der Waals surface area contributed by atoms with Crippen molar-refractivity contribution in [2.75, 3.05) is 18.8 Å². The van der Waals surface area contributed by atoms with Gasteiger partial charge in [0, 0.05) is 43.9 Å². The van der Waals surface area contributed by atoms with E-state index in [0.29, 0.717) is 18.3 Å². The second kappa shape index (κ2) is 10.1. The SMILES string of the molecule is Nc1nc(/C(=N/OC2(C(=O)O)CC2)C(=O)NC2C(=O)N(S(=O)(=O)O)[C@H]2Cn2ncc(CNC3CNC3)n2)cs1. The third-order valence-electron chi connectivity index (χ3n) is 6.38. The molecule has 20 heteroatoms. The highest BCUT2D eigenvalue weighted by Gasteiger charge is 2.56. The molecule has 0 radical (unpaired) electrons. The number of nitrogens with two attached hydrogens (primary N) is 1. The molecule has 2 atom stereocenters. The summed E-state index contributed by atoms with van der Waals surface area (Å²) < 4.78 is 33.6. The first-order valence-corrected chi connectivity index (χ1v) is 13.9. The molecule has 5 rings (SSSR count). The molecule has 39 heavy (non-hydrogen) atoms. The number of hydrogen-bond donors (Lipinski definition) is 6. The molecule has 0 spiro atoms. The lowest BCUT2D eigenvalue weighted by Gasteiger charge is -2.43. The van der Waals surface area contributed by atoms with Crippen molar-refractivity contribution in [3.8, 4) is 0 Å². The van der Waals surface area contributed by atoms with Crippen molar-refractivity contribution >= 4 is 50.3 Å². The van der Waals surface area contributed by atoms with Gasteiger partial charge in [0.25, 0.3) is 11.8 Å².